The van der Waals surface area contributed by atoms with Crippen molar-refractivity contribution >= 4 is 31.5 Å². The number of aryl methyl sites for hydroxylation is 1. The van der Waals surface area contributed by atoms with Gasteiger partial charge in [0.05, 0.1) is 39.9 Å². The molecule has 2 aromatic rings. The first kappa shape index (κ1) is 35.2. The van der Waals surface area contributed by atoms with E-state index in [9.17, 15) is 33.3 Å². The van der Waals surface area contributed by atoms with Crippen molar-refractivity contribution in [3.05, 3.63) is 62.9 Å². The topological polar surface area (TPSA) is 205 Å². The van der Waals surface area contributed by atoms with Gasteiger partial charge in [0.2, 0.25) is 0 Å². The fourth-order valence-corrected chi connectivity index (χ4v) is 5.48. The van der Waals surface area contributed by atoms with Crippen LogP contribution in [0.3, 0.4) is 0 Å². The van der Waals surface area contributed by atoms with E-state index in [1.54, 1.807) is 24.3 Å². The van der Waals surface area contributed by atoms with Gasteiger partial charge in [-0.05, 0) is 24.1 Å². The van der Waals surface area contributed by atoms with Crippen molar-refractivity contribution in [3.63, 3.8) is 0 Å². The zero-order valence-electron chi connectivity index (χ0n) is 25.1. The molecule has 45 heavy (non-hydrogen) atoms. The first-order valence-corrected chi connectivity index (χ1v) is 15.8. The number of aromatic amines is 1. The number of nitrogens with one attached hydrogen (secondary N) is 1. The largest absolute Gasteiger partial charge is 0.469 e. The van der Waals surface area contributed by atoms with Crippen molar-refractivity contribution < 1.29 is 56.5 Å². The third kappa shape index (κ3) is 10.4. The summed E-state index contributed by atoms with van der Waals surface area (Å²) >= 11 is 0. The molecule has 0 amide bonds. The van der Waals surface area contributed by atoms with Crippen LogP contribution in [0.25, 0.3) is 0 Å². The van der Waals surface area contributed by atoms with Crippen molar-refractivity contribution in [2.75, 3.05) is 27.5 Å². The van der Waals surface area contributed by atoms with Crippen molar-refractivity contribution in [2.24, 2.45) is 0 Å². The van der Waals surface area contributed by atoms with E-state index in [1.807, 2.05) is 6.92 Å². The lowest BCUT2D eigenvalue weighted by atomic mass is 10.1. The third-order valence-corrected chi connectivity index (χ3v) is 7.69. The van der Waals surface area contributed by atoms with E-state index in [4.69, 9.17) is 23.3 Å². The molecule has 0 radical (unpaired) electrons. The summed E-state index contributed by atoms with van der Waals surface area (Å²) in [5, 5.41) is 0. The second-order valence-electron chi connectivity index (χ2n) is 9.80. The number of ether oxygens (including phenoxy) is 5. The Balaban J connectivity index is 1.94. The van der Waals surface area contributed by atoms with E-state index in [1.165, 1.54) is 0 Å². The summed E-state index contributed by atoms with van der Waals surface area (Å²) in [6.45, 7) is 2.57. The highest BCUT2D eigenvalue weighted by Crippen LogP contribution is 2.49. The molecule has 1 aliphatic rings. The molecular weight excluding hydrogens is 619 g/mol. The quantitative estimate of drug-likeness (QED) is 0.165. The molecule has 246 valence electrons. The van der Waals surface area contributed by atoms with Gasteiger partial charge in [-0.3, -0.25) is 38.0 Å². The molecular formula is C28H35N2O14P. The molecule has 0 spiro atoms. The highest BCUT2D eigenvalue weighted by atomic mass is 31.2. The fraction of sp³-hybridized carbons (Fsp3) is 0.500. The molecule has 1 aliphatic heterocycles. The molecule has 17 heteroatoms. The minimum atomic E-state index is -4.05. The summed E-state index contributed by atoms with van der Waals surface area (Å²) in [5.74, 6) is -2.86. The van der Waals surface area contributed by atoms with Crippen LogP contribution in [0.15, 0.2) is 46.1 Å². The molecule has 3 rings (SSSR count). The predicted octanol–water partition coefficient (Wildman–Crippen LogP) is 1.64. The second-order valence-corrected chi connectivity index (χ2v) is 11.7. The lowest BCUT2D eigenvalue weighted by Crippen LogP contribution is -2.41. The van der Waals surface area contributed by atoms with Gasteiger partial charge in [0, 0.05) is 18.9 Å². The van der Waals surface area contributed by atoms with Crippen LogP contribution in [0.1, 0.15) is 44.4 Å². The molecule has 1 unspecified atom stereocenters. The number of esters is 4. The standard InChI is InChI=1S/C28H35N2O14P/c1-5-17-6-8-18(9-7-17)43-45(4,37)44-25-19(16-40-23(34)12-10-21(32)38-2)41-27(30-15-14-20(31)29-28(30)36)26(25)42-24(35)13-11-22(33)39-3/h6-9,14-15,19,25-27H,5,10-13,16H2,1-4H3,(H,29,31,36)/t19-,25-,26-,27-,45?/m1/s1. The van der Waals surface area contributed by atoms with Gasteiger partial charge < -0.3 is 28.2 Å². The number of nitrogens with zero attached hydrogens (tertiary/aromatic N) is 1. The average Bonchev–Trinajstić information content (AvgIpc) is 3.32. The second kappa shape index (κ2) is 16.2. The van der Waals surface area contributed by atoms with Crippen LogP contribution in [0.2, 0.25) is 0 Å². The van der Waals surface area contributed by atoms with E-state index in [-0.39, 0.29) is 25.0 Å². The summed E-state index contributed by atoms with van der Waals surface area (Å²) in [7, 11) is -1.74. The Bertz CT molecular complexity index is 1520. The van der Waals surface area contributed by atoms with E-state index in [0.29, 0.717) is 0 Å². The van der Waals surface area contributed by atoms with Crippen molar-refractivity contribution in [3.8, 4) is 5.75 Å². The van der Waals surface area contributed by atoms with Crippen LogP contribution in [0, 0.1) is 0 Å². The van der Waals surface area contributed by atoms with Crippen LogP contribution in [-0.4, -0.2) is 79.2 Å². The number of hydrogen-bond acceptors (Lipinski definition) is 14. The number of rotatable bonds is 15. The van der Waals surface area contributed by atoms with Crippen molar-refractivity contribution in [2.45, 2.75) is 63.6 Å². The summed E-state index contributed by atoms with van der Waals surface area (Å²) in [6.07, 6.45) is -5.31. The van der Waals surface area contributed by atoms with Gasteiger partial charge in [0.1, 0.15) is 24.6 Å². The van der Waals surface area contributed by atoms with Crippen LogP contribution in [0.5, 0.6) is 5.75 Å². The van der Waals surface area contributed by atoms with Gasteiger partial charge in [-0.25, -0.2) is 9.36 Å². The highest BCUT2D eigenvalue weighted by molar-refractivity contribution is 7.53. The maximum atomic E-state index is 13.7. The molecule has 0 bridgehead atoms. The maximum Gasteiger partial charge on any atom is 0.376 e. The maximum absolute atomic E-state index is 13.7. The number of hydrogen-bond donors (Lipinski definition) is 1. The van der Waals surface area contributed by atoms with Gasteiger partial charge in [0.15, 0.2) is 12.3 Å². The van der Waals surface area contributed by atoms with Gasteiger partial charge in [-0.15, -0.1) is 0 Å². The predicted molar refractivity (Wildman–Crippen MR) is 153 cm³/mol. The average molecular weight is 655 g/mol. The Morgan fingerprint density at radius 3 is 2.07 bits per heavy atom. The minimum absolute atomic E-state index is 0.211. The Labute approximate surface area is 257 Å². The third-order valence-electron chi connectivity index (χ3n) is 6.52. The minimum Gasteiger partial charge on any atom is -0.469 e. The molecule has 2 heterocycles. The van der Waals surface area contributed by atoms with Gasteiger partial charge in [-0.1, -0.05) is 19.1 Å². The van der Waals surface area contributed by atoms with Gasteiger partial charge in [-0.2, -0.15) is 0 Å². The Morgan fingerprint density at radius 1 is 0.889 bits per heavy atom. The first-order chi connectivity index (χ1) is 21.3. The number of aromatic nitrogens is 2. The first-order valence-electron chi connectivity index (χ1n) is 13.9. The van der Waals surface area contributed by atoms with E-state index in [2.05, 4.69) is 14.5 Å². The summed E-state index contributed by atoms with van der Waals surface area (Å²) in [6, 6.07) is 7.75. The number of carbonyl (C=O) groups is 4. The smallest absolute Gasteiger partial charge is 0.376 e. The van der Waals surface area contributed by atoms with E-state index in [0.717, 1.165) is 49.7 Å². The molecule has 0 saturated carbocycles. The van der Waals surface area contributed by atoms with Crippen LogP contribution in [0.4, 0.5) is 0 Å². The number of methoxy groups -OCH3 is 2. The monoisotopic (exact) mass is 654 g/mol. The molecule has 1 aromatic carbocycles. The molecule has 16 nitrogen and oxygen atoms in total. The fourth-order valence-electron chi connectivity index (χ4n) is 4.24. The summed E-state index contributed by atoms with van der Waals surface area (Å²) in [5.41, 5.74) is -0.657. The molecule has 0 aliphatic carbocycles. The Morgan fingerprint density at radius 2 is 1.49 bits per heavy atom. The summed E-state index contributed by atoms with van der Waals surface area (Å²) in [4.78, 5) is 74.7. The lowest BCUT2D eigenvalue weighted by Gasteiger charge is -2.27. The van der Waals surface area contributed by atoms with Crippen molar-refractivity contribution in [1.82, 2.24) is 9.55 Å². The number of carbonyl (C=O) groups excluding carboxylic acids is 4. The van der Waals surface area contributed by atoms with Crippen molar-refractivity contribution in [1.29, 1.82) is 0 Å². The van der Waals surface area contributed by atoms with Gasteiger partial charge in [0.25, 0.3) is 5.56 Å². The molecule has 1 N–H and O–H groups in total. The Hall–Kier alpha value is -4.27. The molecule has 1 saturated heterocycles. The lowest BCUT2D eigenvalue weighted by molar-refractivity contribution is -0.160. The normalized spacial score (nSPS) is 20.4. The SMILES string of the molecule is CCc1ccc(OP(C)(=O)O[C@H]2[C@@H](OC(=O)CCC(=O)OC)[C@H](n3ccc(=O)[nH]c3=O)O[C@@H]2COC(=O)CCC(=O)OC)cc1. The van der Waals surface area contributed by atoms with Crippen LogP contribution >= 0.6 is 7.60 Å². The summed E-state index contributed by atoms with van der Waals surface area (Å²) < 4.78 is 52.0. The zero-order valence-corrected chi connectivity index (χ0v) is 26.0. The molecule has 5 atom stereocenters. The Kier molecular flexibility index (Phi) is 12.6. The molecule has 1 fully saturated rings. The number of benzene rings is 1. The van der Waals surface area contributed by atoms with E-state index < -0.39 is 80.3 Å². The van der Waals surface area contributed by atoms with Gasteiger partial charge >= 0.3 is 37.2 Å². The number of H-pyrrole nitrogens is 1. The molecule has 1 aromatic heterocycles. The van der Waals surface area contributed by atoms with Crippen LogP contribution in [-0.2, 0) is 58.4 Å². The zero-order chi connectivity index (χ0) is 33.1. The van der Waals surface area contributed by atoms with E-state index >= 15 is 0 Å². The highest BCUT2D eigenvalue weighted by Gasteiger charge is 2.52. The van der Waals surface area contributed by atoms with Crippen LogP contribution < -0.4 is 15.8 Å².